The van der Waals surface area contributed by atoms with E-state index in [0.29, 0.717) is 0 Å². The first kappa shape index (κ1) is 16.9. The van der Waals surface area contributed by atoms with Crippen LogP contribution in [0.1, 0.15) is 27.8 Å². The number of benzene rings is 1. The molecular formula is C22H20N2OS. The van der Waals surface area contributed by atoms with E-state index in [4.69, 9.17) is 4.42 Å². The summed E-state index contributed by atoms with van der Waals surface area (Å²) in [4.78, 5) is 8.91. The summed E-state index contributed by atoms with van der Waals surface area (Å²) in [6, 6.07) is 10.4. The van der Waals surface area contributed by atoms with Gasteiger partial charge in [0.25, 0.3) is 0 Å². The molecule has 1 aromatic carbocycles. The Balaban J connectivity index is 1.62. The van der Waals surface area contributed by atoms with Crippen LogP contribution in [0.5, 0.6) is 0 Å². The fraction of sp³-hybridized carbons (Fsp3) is 0.182. The molecule has 0 N–H and O–H groups in total. The van der Waals surface area contributed by atoms with Gasteiger partial charge in [-0.2, -0.15) is 0 Å². The monoisotopic (exact) mass is 360 g/mol. The SMILES string of the molecule is Cc1cc(-c2ccco2)cc(C)c1/C=C/c1cncc(C2=NCCS2)c1. The summed E-state index contributed by atoms with van der Waals surface area (Å²) in [6.07, 6.45) is 9.78. The minimum atomic E-state index is 0.901. The van der Waals surface area contributed by atoms with E-state index in [1.54, 1.807) is 18.0 Å². The zero-order chi connectivity index (χ0) is 17.9. The molecule has 0 radical (unpaired) electrons. The first-order valence-electron chi connectivity index (χ1n) is 8.66. The molecule has 0 amide bonds. The largest absolute Gasteiger partial charge is 0.464 e. The third-order valence-electron chi connectivity index (χ3n) is 4.43. The van der Waals surface area contributed by atoms with E-state index in [-0.39, 0.29) is 0 Å². The van der Waals surface area contributed by atoms with E-state index in [1.165, 1.54) is 16.7 Å². The standard InChI is InChI=1S/C22H20N2OS/c1-15-10-18(21-4-3-8-25-21)11-16(2)20(15)6-5-17-12-19(14-23-13-17)22-24-7-9-26-22/h3-6,8,10-14H,7,9H2,1-2H3/b6-5+. The topological polar surface area (TPSA) is 38.4 Å². The summed E-state index contributed by atoms with van der Waals surface area (Å²) in [5.74, 6) is 1.97. The highest BCUT2D eigenvalue weighted by Gasteiger charge is 2.10. The van der Waals surface area contributed by atoms with Gasteiger partial charge in [-0.05, 0) is 66.4 Å². The number of pyridine rings is 1. The van der Waals surface area contributed by atoms with Crippen molar-refractivity contribution in [3.05, 3.63) is 76.8 Å². The van der Waals surface area contributed by atoms with Crippen molar-refractivity contribution in [3.8, 4) is 11.3 Å². The van der Waals surface area contributed by atoms with Gasteiger partial charge in [-0.25, -0.2) is 0 Å². The van der Waals surface area contributed by atoms with Gasteiger partial charge in [0, 0.05) is 35.8 Å². The van der Waals surface area contributed by atoms with E-state index >= 15 is 0 Å². The lowest BCUT2D eigenvalue weighted by Gasteiger charge is -2.08. The van der Waals surface area contributed by atoms with E-state index in [0.717, 1.165) is 39.8 Å². The zero-order valence-corrected chi connectivity index (χ0v) is 15.7. The molecule has 0 fully saturated rings. The highest BCUT2D eigenvalue weighted by atomic mass is 32.2. The molecule has 0 atom stereocenters. The Bertz CT molecular complexity index is 964. The molecule has 0 saturated heterocycles. The van der Waals surface area contributed by atoms with E-state index in [9.17, 15) is 0 Å². The molecule has 3 nitrogen and oxygen atoms in total. The molecule has 26 heavy (non-hydrogen) atoms. The smallest absolute Gasteiger partial charge is 0.133 e. The average molecular weight is 360 g/mol. The van der Waals surface area contributed by atoms with Crippen molar-refractivity contribution in [2.75, 3.05) is 12.3 Å². The Kier molecular flexibility index (Phi) is 4.76. The van der Waals surface area contributed by atoms with Crippen LogP contribution in [0.15, 0.2) is 58.4 Å². The molecule has 0 aliphatic carbocycles. The van der Waals surface area contributed by atoms with Gasteiger partial charge in [0.1, 0.15) is 5.76 Å². The van der Waals surface area contributed by atoms with Gasteiger partial charge in [-0.3, -0.25) is 9.98 Å². The number of aryl methyl sites for hydroxylation is 2. The molecule has 1 aliphatic rings. The number of aliphatic imine (C=N–C) groups is 1. The Hall–Kier alpha value is -2.59. The summed E-state index contributed by atoms with van der Waals surface area (Å²) >= 11 is 1.80. The lowest BCUT2D eigenvalue weighted by atomic mass is 9.97. The van der Waals surface area contributed by atoms with Crippen molar-refractivity contribution in [2.24, 2.45) is 4.99 Å². The van der Waals surface area contributed by atoms with Crippen LogP contribution in [-0.4, -0.2) is 22.3 Å². The second kappa shape index (κ2) is 7.34. The maximum atomic E-state index is 5.52. The molecule has 4 heteroatoms. The summed E-state index contributed by atoms with van der Waals surface area (Å²) in [5.41, 5.74) is 7.00. The van der Waals surface area contributed by atoms with Crippen molar-refractivity contribution in [1.29, 1.82) is 0 Å². The molecule has 2 aromatic heterocycles. The molecule has 3 heterocycles. The Morgan fingerprint density at radius 1 is 1.04 bits per heavy atom. The molecular weight excluding hydrogens is 340 g/mol. The van der Waals surface area contributed by atoms with Gasteiger partial charge >= 0.3 is 0 Å². The second-order valence-corrected chi connectivity index (χ2v) is 7.46. The highest BCUT2D eigenvalue weighted by Crippen LogP contribution is 2.27. The lowest BCUT2D eigenvalue weighted by molar-refractivity contribution is 0.582. The number of hydrogen-bond donors (Lipinski definition) is 0. The van der Waals surface area contributed by atoms with Crippen LogP contribution in [0.3, 0.4) is 0 Å². The molecule has 0 spiro atoms. The first-order valence-corrected chi connectivity index (χ1v) is 9.65. The molecule has 130 valence electrons. The van der Waals surface area contributed by atoms with Gasteiger partial charge in [-0.1, -0.05) is 12.2 Å². The van der Waals surface area contributed by atoms with Gasteiger partial charge in [0.05, 0.1) is 11.3 Å². The Morgan fingerprint density at radius 3 is 2.58 bits per heavy atom. The molecule has 0 saturated carbocycles. The van der Waals surface area contributed by atoms with Crippen molar-refractivity contribution in [2.45, 2.75) is 13.8 Å². The number of nitrogens with zero attached hydrogens (tertiary/aromatic N) is 2. The van der Waals surface area contributed by atoms with Crippen LogP contribution in [0, 0.1) is 13.8 Å². The Labute approximate surface area is 157 Å². The van der Waals surface area contributed by atoms with Gasteiger partial charge in [0.15, 0.2) is 0 Å². The maximum Gasteiger partial charge on any atom is 0.133 e. The number of furan rings is 1. The van der Waals surface area contributed by atoms with Gasteiger partial charge in [0.2, 0.25) is 0 Å². The molecule has 0 unspecified atom stereocenters. The van der Waals surface area contributed by atoms with E-state index in [2.05, 4.69) is 54.2 Å². The number of hydrogen-bond acceptors (Lipinski definition) is 4. The van der Waals surface area contributed by atoms with E-state index in [1.807, 2.05) is 24.5 Å². The summed E-state index contributed by atoms with van der Waals surface area (Å²) in [5, 5.41) is 1.10. The fourth-order valence-corrected chi connectivity index (χ4v) is 4.01. The third-order valence-corrected chi connectivity index (χ3v) is 5.46. The molecule has 4 rings (SSSR count). The summed E-state index contributed by atoms with van der Waals surface area (Å²) in [7, 11) is 0. The minimum Gasteiger partial charge on any atom is -0.464 e. The summed E-state index contributed by atoms with van der Waals surface area (Å²) < 4.78 is 5.52. The van der Waals surface area contributed by atoms with Crippen molar-refractivity contribution >= 4 is 29.0 Å². The minimum absolute atomic E-state index is 0.901. The second-order valence-electron chi connectivity index (χ2n) is 6.38. The predicted molar refractivity (Wildman–Crippen MR) is 111 cm³/mol. The summed E-state index contributed by atoms with van der Waals surface area (Å²) in [6.45, 7) is 5.18. The van der Waals surface area contributed by atoms with Crippen molar-refractivity contribution in [3.63, 3.8) is 0 Å². The van der Waals surface area contributed by atoms with Crippen LogP contribution >= 0.6 is 11.8 Å². The zero-order valence-electron chi connectivity index (χ0n) is 14.9. The van der Waals surface area contributed by atoms with Gasteiger partial charge < -0.3 is 4.42 Å². The van der Waals surface area contributed by atoms with Crippen LogP contribution in [0.25, 0.3) is 23.5 Å². The van der Waals surface area contributed by atoms with Crippen LogP contribution in [0.4, 0.5) is 0 Å². The molecule has 1 aliphatic heterocycles. The lowest BCUT2D eigenvalue weighted by Crippen LogP contribution is -1.93. The molecule has 0 bridgehead atoms. The van der Waals surface area contributed by atoms with Gasteiger partial charge in [-0.15, -0.1) is 11.8 Å². The highest BCUT2D eigenvalue weighted by molar-refractivity contribution is 8.14. The normalized spacial score (nSPS) is 14.2. The van der Waals surface area contributed by atoms with Crippen LogP contribution < -0.4 is 0 Å². The van der Waals surface area contributed by atoms with Crippen LogP contribution in [0.2, 0.25) is 0 Å². The predicted octanol–water partition coefficient (Wildman–Crippen LogP) is 5.62. The average Bonchev–Trinajstić information content (AvgIpc) is 3.35. The quantitative estimate of drug-likeness (QED) is 0.606. The fourth-order valence-electron chi connectivity index (χ4n) is 3.18. The van der Waals surface area contributed by atoms with Crippen molar-refractivity contribution < 1.29 is 4.42 Å². The van der Waals surface area contributed by atoms with Crippen LogP contribution in [-0.2, 0) is 0 Å². The van der Waals surface area contributed by atoms with Crippen molar-refractivity contribution in [1.82, 2.24) is 4.98 Å². The number of aromatic nitrogens is 1. The van der Waals surface area contributed by atoms with E-state index < -0.39 is 0 Å². The Morgan fingerprint density at radius 2 is 1.88 bits per heavy atom. The third kappa shape index (κ3) is 3.51. The number of rotatable bonds is 4. The first-order chi connectivity index (χ1) is 12.7. The maximum absolute atomic E-state index is 5.52. The molecule has 3 aromatic rings. The number of thioether (sulfide) groups is 1.